The van der Waals surface area contributed by atoms with Crippen molar-refractivity contribution >= 4 is 39.5 Å². The largest absolute Gasteiger partial charge is 0.472 e. The lowest BCUT2D eigenvalue weighted by Gasteiger charge is -2.21. The smallest absolute Gasteiger partial charge is 0.462 e. The molecule has 0 aliphatic carbocycles. The number of rotatable bonds is 78. The first-order chi connectivity index (χ1) is 47.4. The molecule has 3 unspecified atom stereocenters. The van der Waals surface area contributed by atoms with E-state index in [1.807, 2.05) is 0 Å². The van der Waals surface area contributed by atoms with Crippen LogP contribution in [0.1, 0.15) is 414 Å². The molecule has 0 fully saturated rings. The van der Waals surface area contributed by atoms with Gasteiger partial charge in [-0.15, -0.1) is 0 Å². The molecule has 98 heavy (non-hydrogen) atoms. The van der Waals surface area contributed by atoms with Crippen LogP contribution in [-0.4, -0.2) is 96.7 Å². The number of hydrogen-bond acceptors (Lipinski definition) is 15. The standard InChI is InChI=1S/C79H154O17P2/c1-7-10-12-14-16-18-19-20-21-22-23-24-25-26-27-30-34-38-45-51-57-63-78(83)95-74(68-90-77(82)62-56-50-44-37-33-31-28-29-32-36-41-47-53-59-71(4)5)69-93-97(85,86)91-65-73(80)66-92-98(87,88)94-70-75(67-89-76(81)61-55-49-43-35-17-15-13-11-8-2)96-79(84)64-58-52-46-40-39-42-48-54-60-72(6)9-3/h71-75,80H,7-70H2,1-6H3,(H,85,86)(H,87,88)/t72?,73-,74-,75-/m1/s1. The molecule has 0 saturated heterocycles. The molecule has 0 aliphatic rings. The van der Waals surface area contributed by atoms with Crippen LogP contribution in [-0.2, 0) is 65.4 Å². The normalized spacial score (nSPS) is 14.2. The number of phosphoric ester groups is 2. The molecule has 0 aromatic rings. The van der Waals surface area contributed by atoms with Gasteiger partial charge >= 0.3 is 39.5 Å². The third-order valence-electron chi connectivity index (χ3n) is 18.8. The predicted molar refractivity (Wildman–Crippen MR) is 400 cm³/mol. The van der Waals surface area contributed by atoms with E-state index in [4.69, 9.17) is 37.0 Å². The van der Waals surface area contributed by atoms with Gasteiger partial charge in [0.05, 0.1) is 26.4 Å². The van der Waals surface area contributed by atoms with Gasteiger partial charge in [0.2, 0.25) is 0 Å². The zero-order chi connectivity index (χ0) is 72.1. The van der Waals surface area contributed by atoms with E-state index >= 15 is 0 Å². The Hall–Kier alpha value is -1.94. The van der Waals surface area contributed by atoms with Crippen molar-refractivity contribution < 1.29 is 80.2 Å². The van der Waals surface area contributed by atoms with Crippen LogP contribution in [0, 0.1) is 11.8 Å². The average molecular weight is 1440 g/mol. The van der Waals surface area contributed by atoms with Gasteiger partial charge in [-0.3, -0.25) is 37.3 Å². The highest BCUT2D eigenvalue weighted by atomic mass is 31.2. The second kappa shape index (κ2) is 70.7. The Bertz CT molecular complexity index is 1890. The van der Waals surface area contributed by atoms with E-state index in [1.165, 1.54) is 231 Å². The summed E-state index contributed by atoms with van der Waals surface area (Å²) in [6, 6.07) is 0. The van der Waals surface area contributed by atoms with Crippen LogP contribution < -0.4 is 0 Å². The van der Waals surface area contributed by atoms with E-state index in [1.54, 1.807) is 0 Å². The van der Waals surface area contributed by atoms with Crippen molar-refractivity contribution in [1.29, 1.82) is 0 Å². The minimum Gasteiger partial charge on any atom is -0.462 e. The van der Waals surface area contributed by atoms with Crippen LogP contribution in [0.4, 0.5) is 0 Å². The number of aliphatic hydroxyl groups is 1. The Balaban J connectivity index is 5.20. The Morgan fingerprint density at radius 2 is 0.520 bits per heavy atom. The highest BCUT2D eigenvalue weighted by molar-refractivity contribution is 7.47. The van der Waals surface area contributed by atoms with Gasteiger partial charge in [-0.25, -0.2) is 9.13 Å². The summed E-state index contributed by atoms with van der Waals surface area (Å²) < 4.78 is 68.6. The third-order valence-corrected chi connectivity index (χ3v) is 20.7. The molecule has 0 amide bonds. The topological polar surface area (TPSA) is 237 Å². The lowest BCUT2D eigenvalue weighted by Crippen LogP contribution is -2.30. The maximum Gasteiger partial charge on any atom is 0.472 e. The van der Waals surface area contributed by atoms with Crippen LogP contribution in [0.5, 0.6) is 0 Å². The minimum atomic E-state index is -4.96. The number of esters is 4. The first-order valence-electron chi connectivity index (χ1n) is 41.0. The maximum absolute atomic E-state index is 13.1. The Kier molecular flexibility index (Phi) is 69.3. The minimum absolute atomic E-state index is 0.105. The zero-order valence-corrected chi connectivity index (χ0v) is 65.9. The van der Waals surface area contributed by atoms with Gasteiger partial charge in [-0.1, -0.05) is 363 Å². The zero-order valence-electron chi connectivity index (χ0n) is 64.1. The summed E-state index contributed by atoms with van der Waals surface area (Å²) in [7, 11) is -9.91. The molecule has 0 aromatic heterocycles. The summed E-state index contributed by atoms with van der Waals surface area (Å²) >= 11 is 0. The average Bonchev–Trinajstić information content (AvgIpc) is 1.40. The molecule has 0 spiro atoms. The van der Waals surface area contributed by atoms with E-state index in [2.05, 4.69) is 41.5 Å². The van der Waals surface area contributed by atoms with Crippen LogP contribution in [0.2, 0.25) is 0 Å². The van der Waals surface area contributed by atoms with E-state index < -0.39 is 97.5 Å². The van der Waals surface area contributed by atoms with Crippen molar-refractivity contribution in [3.8, 4) is 0 Å². The molecule has 582 valence electrons. The van der Waals surface area contributed by atoms with Crippen molar-refractivity contribution in [2.75, 3.05) is 39.6 Å². The molecule has 6 atom stereocenters. The molecule has 19 heteroatoms. The van der Waals surface area contributed by atoms with Crippen LogP contribution >= 0.6 is 15.6 Å². The fourth-order valence-corrected chi connectivity index (χ4v) is 13.7. The summed E-state index contributed by atoms with van der Waals surface area (Å²) in [6.45, 7) is 9.61. The van der Waals surface area contributed by atoms with E-state index in [9.17, 15) is 43.2 Å². The van der Waals surface area contributed by atoms with Gasteiger partial charge in [0.1, 0.15) is 19.3 Å². The van der Waals surface area contributed by atoms with Crippen molar-refractivity contribution in [2.24, 2.45) is 11.8 Å². The van der Waals surface area contributed by atoms with Gasteiger partial charge < -0.3 is 33.8 Å². The number of unbranched alkanes of at least 4 members (excludes halogenated alkanes) is 47. The monoisotopic (exact) mass is 1440 g/mol. The molecule has 0 bridgehead atoms. The van der Waals surface area contributed by atoms with Crippen molar-refractivity contribution in [2.45, 2.75) is 432 Å². The predicted octanol–water partition coefficient (Wildman–Crippen LogP) is 23.5. The lowest BCUT2D eigenvalue weighted by atomic mass is 9.99. The van der Waals surface area contributed by atoms with E-state index in [0.29, 0.717) is 25.7 Å². The summed E-state index contributed by atoms with van der Waals surface area (Å²) in [5, 5.41) is 10.6. The second-order valence-corrected chi connectivity index (χ2v) is 32.1. The van der Waals surface area contributed by atoms with Gasteiger partial charge in [-0.05, 0) is 37.5 Å². The Morgan fingerprint density at radius 3 is 0.776 bits per heavy atom. The third kappa shape index (κ3) is 71.1. The highest BCUT2D eigenvalue weighted by Gasteiger charge is 2.30. The molecule has 0 radical (unpaired) electrons. The number of carbonyl (C=O) groups excluding carboxylic acids is 4. The molecule has 0 aliphatic heterocycles. The highest BCUT2D eigenvalue weighted by Crippen LogP contribution is 2.45. The molecular weight excluding hydrogens is 1280 g/mol. The Morgan fingerprint density at radius 1 is 0.296 bits per heavy atom. The number of carbonyl (C=O) groups is 4. The molecule has 0 aromatic carbocycles. The van der Waals surface area contributed by atoms with Gasteiger partial charge in [0, 0.05) is 25.7 Å². The molecular formula is C79H154O17P2. The summed E-state index contributed by atoms with van der Waals surface area (Å²) in [4.78, 5) is 72.9. The van der Waals surface area contributed by atoms with Crippen LogP contribution in [0.25, 0.3) is 0 Å². The first kappa shape index (κ1) is 96.1. The number of ether oxygens (including phenoxy) is 4. The quantitative estimate of drug-likeness (QED) is 0.0222. The van der Waals surface area contributed by atoms with E-state index in [0.717, 1.165) is 102 Å². The first-order valence-corrected chi connectivity index (χ1v) is 44.0. The second-order valence-electron chi connectivity index (χ2n) is 29.2. The molecule has 3 N–H and O–H groups in total. The fraction of sp³-hybridized carbons (Fsp3) is 0.949. The molecule has 17 nitrogen and oxygen atoms in total. The maximum atomic E-state index is 13.1. The number of hydrogen-bond donors (Lipinski definition) is 3. The molecule has 0 saturated carbocycles. The molecule has 0 rings (SSSR count). The summed E-state index contributed by atoms with van der Waals surface area (Å²) in [6.07, 6.45) is 59.7. The number of aliphatic hydroxyl groups excluding tert-OH is 1. The fourth-order valence-electron chi connectivity index (χ4n) is 12.2. The van der Waals surface area contributed by atoms with Crippen molar-refractivity contribution in [3.05, 3.63) is 0 Å². The van der Waals surface area contributed by atoms with E-state index in [-0.39, 0.29) is 25.7 Å². The van der Waals surface area contributed by atoms with Crippen LogP contribution in [0.3, 0.4) is 0 Å². The van der Waals surface area contributed by atoms with Crippen molar-refractivity contribution in [1.82, 2.24) is 0 Å². The van der Waals surface area contributed by atoms with Crippen LogP contribution in [0.15, 0.2) is 0 Å². The van der Waals surface area contributed by atoms with Crippen molar-refractivity contribution in [3.63, 3.8) is 0 Å². The molecule has 0 heterocycles. The lowest BCUT2D eigenvalue weighted by molar-refractivity contribution is -0.161. The van der Waals surface area contributed by atoms with Gasteiger partial charge in [0.15, 0.2) is 12.2 Å². The van der Waals surface area contributed by atoms with Gasteiger partial charge in [-0.2, -0.15) is 0 Å². The summed E-state index contributed by atoms with van der Waals surface area (Å²) in [5.41, 5.74) is 0. The number of phosphoric acid groups is 2. The Labute approximate surface area is 600 Å². The summed E-state index contributed by atoms with van der Waals surface area (Å²) in [5.74, 6) is -0.554. The SMILES string of the molecule is CCCCCCCCCCCCCCCCCCCCCCCC(=O)O[C@H](COC(=O)CCCCCCCCCCCCCCCC(C)C)COP(=O)(O)OC[C@@H](O)COP(=O)(O)OC[C@@H](COC(=O)CCCCCCCCCCC)OC(=O)CCCCCCCCCCC(C)CC. The van der Waals surface area contributed by atoms with Gasteiger partial charge in [0.25, 0.3) is 0 Å².